The highest BCUT2D eigenvalue weighted by Gasteiger charge is 2.28. The number of carbonyl (C=O) groups excluding carboxylic acids is 1. The maximum Gasteiger partial charge on any atom is 0.246 e. The quantitative estimate of drug-likeness (QED) is 0.539. The van der Waals surface area contributed by atoms with Crippen LogP contribution in [0.4, 0.5) is 11.5 Å². The van der Waals surface area contributed by atoms with Crippen LogP contribution in [0, 0.1) is 0 Å². The highest BCUT2D eigenvalue weighted by Crippen LogP contribution is 2.26. The molecule has 28 heavy (non-hydrogen) atoms. The maximum absolute atomic E-state index is 12.7. The lowest BCUT2D eigenvalue weighted by Crippen LogP contribution is -2.50. The van der Waals surface area contributed by atoms with Crippen molar-refractivity contribution in [3.63, 3.8) is 0 Å². The average Bonchev–Trinajstić information content (AvgIpc) is 3.34. The number of hydrogen-bond acceptors (Lipinski definition) is 6. The third-order valence-corrected chi connectivity index (χ3v) is 4.87. The van der Waals surface area contributed by atoms with Crippen LogP contribution in [0.1, 0.15) is 0 Å². The molecule has 0 unspecified atom stereocenters. The number of anilines is 2. The number of amides is 1. The number of para-hydroxylation sites is 1. The lowest BCUT2D eigenvalue weighted by atomic mass is 10.2. The summed E-state index contributed by atoms with van der Waals surface area (Å²) in [5, 5.41) is 9.47. The van der Waals surface area contributed by atoms with E-state index in [2.05, 4.69) is 20.2 Å². The van der Waals surface area contributed by atoms with Gasteiger partial charge in [-0.15, -0.1) is 0 Å². The second-order valence-corrected chi connectivity index (χ2v) is 6.67. The monoisotopic (exact) mass is 374 g/mol. The van der Waals surface area contributed by atoms with Crippen molar-refractivity contribution in [2.75, 3.05) is 29.4 Å². The van der Waals surface area contributed by atoms with E-state index in [1.807, 2.05) is 48.5 Å². The van der Waals surface area contributed by atoms with E-state index < -0.39 is 0 Å². The molecule has 1 aliphatic rings. The summed E-state index contributed by atoms with van der Waals surface area (Å²) < 4.78 is 3.48. The molecular formula is C19H18N8O. The standard InChI is InChI=1S/C19H18N8O/c1-24-11-15(9-22-24)26-8-7-25(12-17(26)28)18-16-10-23-27(19(16)21-13-20-18)14-5-3-2-4-6-14/h2-6,9-11,13H,7-8,12H2,1H3. The molecule has 0 bridgehead atoms. The Kier molecular flexibility index (Phi) is 3.78. The molecule has 0 spiro atoms. The topological polar surface area (TPSA) is 85.0 Å². The summed E-state index contributed by atoms with van der Waals surface area (Å²) in [7, 11) is 1.84. The maximum atomic E-state index is 12.7. The number of rotatable bonds is 3. The molecule has 1 aromatic carbocycles. The van der Waals surface area contributed by atoms with Gasteiger partial charge < -0.3 is 9.80 Å². The molecule has 9 heteroatoms. The minimum atomic E-state index is 0.0152. The summed E-state index contributed by atoms with van der Waals surface area (Å²) in [4.78, 5) is 25.3. The number of fused-ring (bicyclic) bond motifs is 1. The van der Waals surface area contributed by atoms with E-state index in [9.17, 15) is 4.79 Å². The molecule has 140 valence electrons. The molecule has 0 atom stereocenters. The zero-order valence-electron chi connectivity index (χ0n) is 15.3. The number of hydrogen-bond donors (Lipinski definition) is 0. The first kappa shape index (κ1) is 16.4. The Morgan fingerprint density at radius 3 is 2.57 bits per heavy atom. The summed E-state index contributed by atoms with van der Waals surface area (Å²) in [6.07, 6.45) is 6.84. The number of benzene rings is 1. The van der Waals surface area contributed by atoms with E-state index in [1.54, 1.807) is 26.7 Å². The third-order valence-electron chi connectivity index (χ3n) is 4.87. The predicted octanol–water partition coefficient (Wildman–Crippen LogP) is 1.40. The molecule has 1 aliphatic heterocycles. The van der Waals surface area contributed by atoms with E-state index in [1.165, 1.54) is 6.33 Å². The SMILES string of the molecule is Cn1cc(N2CCN(c3ncnc4c3cnn4-c3ccccc3)CC2=O)cn1. The van der Waals surface area contributed by atoms with Crippen molar-refractivity contribution < 1.29 is 4.79 Å². The minimum absolute atomic E-state index is 0.0152. The molecule has 1 fully saturated rings. The molecule has 3 aromatic heterocycles. The van der Waals surface area contributed by atoms with Gasteiger partial charge in [0.15, 0.2) is 5.65 Å². The van der Waals surface area contributed by atoms with Crippen molar-refractivity contribution in [2.24, 2.45) is 7.05 Å². The van der Waals surface area contributed by atoms with Gasteiger partial charge in [0.25, 0.3) is 0 Å². The van der Waals surface area contributed by atoms with E-state index in [0.29, 0.717) is 13.1 Å². The Hall–Kier alpha value is -3.75. The molecular weight excluding hydrogens is 356 g/mol. The molecule has 0 N–H and O–H groups in total. The molecule has 0 saturated carbocycles. The molecule has 0 aliphatic carbocycles. The van der Waals surface area contributed by atoms with Gasteiger partial charge in [0.2, 0.25) is 5.91 Å². The summed E-state index contributed by atoms with van der Waals surface area (Å²) in [5.41, 5.74) is 2.47. The van der Waals surface area contributed by atoms with Gasteiger partial charge in [-0.25, -0.2) is 14.6 Å². The van der Waals surface area contributed by atoms with Crippen LogP contribution in [0.2, 0.25) is 0 Å². The van der Waals surface area contributed by atoms with Crippen LogP contribution in [0.3, 0.4) is 0 Å². The van der Waals surface area contributed by atoms with Crippen LogP contribution in [0.25, 0.3) is 16.7 Å². The molecule has 1 amide bonds. The summed E-state index contributed by atoms with van der Waals surface area (Å²) >= 11 is 0. The molecule has 0 radical (unpaired) electrons. The Morgan fingerprint density at radius 2 is 1.82 bits per heavy atom. The Balaban J connectivity index is 1.46. The number of piperazine rings is 1. The summed E-state index contributed by atoms with van der Waals surface area (Å²) in [5.74, 6) is 0.743. The van der Waals surface area contributed by atoms with Crippen molar-refractivity contribution in [3.05, 3.63) is 55.2 Å². The Morgan fingerprint density at radius 1 is 0.964 bits per heavy atom. The van der Waals surface area contributed by atoms with Gasteiger partial charge in [-0.1, -0.05) is 18.2 Å². The molecule has 9 nitrogen and oxygen atoms in total. The average molecular weight is 374 g/mol. The van der Waals surface area contributed by atoms with Crippen LogP contribution in [-0.2, 0) is 11.8 Å². The van der Waals surface area contributed by atoms with Crippen molar-refractivity contribution in [1.29, 1.82) is 0 Å². The zero-order valence-corrected chi connectivity index (χ0v) is 15.3. The van der Waals surface area contributed by atoms with Gasteiger partial charge in [0.05, 0.1) is 35.7 Å². The molecule has 4 heterocycles. The fourth-order valence-corrected chi connectivity index (χ4v) is 3.52. The largest absolute Gasteiger partial charge is 0.345 e. The summed E-state index contributed by atoms with van der Waals surface area (Å²) in [6, 6.07) is 9.83. The van der Waals surface area contributed by atoms with E-state index in [0.717, 1.165) is 28.2 Å². The first-order chi connectivity index (χ1) is 13.7. The smallest absolute Gasteiger partial charge is 0.246 e. The van der Waals surface area contributed by atoms with E-state index in [4.69, 9.17) is 0 Å². The highest BCUT2D eigenvalue weighted by atomic mass is 16.2. The molecule has 4 aromatic rings. The van der Waals surface area contributed by atoms with Gasteiger partial charge >= 0.3 is 0 Å². The van der Waals surface area contributed by atoms with Crippen molar-refractivity contribution >= 4 is 28.4 Å². The highest BCUT2D eigenvalue weighted by molar-refractivity contribution is 5.99. The van der Waals surface area contributed by atoms with Crippen LogP contribution in [0.5, 0.6) is 0 Å². The molecule has 1 saturated heterocycles. The number of carbonyl (C=O) groups is 1. The fraction of sp³-hybridized carbons (Fsp3) is 0.211. The predicted molar refractivity (Wildman–Crippen MR) is 104 cm³/mol. The van der Waals surface area contributed by atoms with Gasteiger partial charge in [0, 0.05) is 26.3 Å². The second-order valence-electron chi connectivity index (χ2n) is 6.67. The first-order valence-corrected chi connectivity index (χ1v) is 8.99. The van der Waals surface area contributed by atoms with Crippen molar-refractivity contribution in [3.8, 4) is 5.69 Å². The first-order valence-electron chi connectivity index (χ1n) is 8.99. The van der Waals surface area contributed by atoms with Gasteiger partial charge in [0.1, 0.15) is 12.1 Å². The van der Waals surface area contributed by atoms with Crippen LogP contribution >= 0.6 is 0 Å². The number of aromatic nitrogens is 6. The van der Waals surface area contributed by atoms with Gasteiger partial charge in [-0.3, -0.25) is 9.48 Å². The third kappa shape index (κ3) is 2.68. The summed E-state index contributed by atoms with van der Waals surface area (Å²) in [6.45, 7) is 1.49. The zero-order chi connectivity index (χ0) is 19.1. The fourth-order valence-electron chi connectivity index (χ4n) is 3.52. The second kappa shape index (κ2) is 6.45. The van der Waals surface area contributed by atoms with Gasteiger partial charge in [-0.05, 0) is 12.1 Å². The van der Waals surface area contributed by atoms with Crippen molar-refractivity contribution in [2.45, 2.75) is 0 Å². The van der Waals surface area contributed by atoms with Crippen molar-refractivity contribution in [1.82, 2.24) is 29.5 Å². The number of nitrogens with zero attached hydrogens (tertiary/aromatic N) is 8. The van der Waals surface area contributed by atoms with Crippen LogP contribution < -0.4 is 9.80 Å². The Bertz CT molecular complexity index is 1150. The normalized spacial score (nSPS) is 14.8. The number of aryl methyl sites for hydroxylation is 1. The lowest BCUT2D eigenvalue weighted by Gasteiger charge is -2.34. The molecule has 5 rings (SSSR count). The van der Waals surface area contributed by atoms with Crippen LogP contribution in [-0.4, -0.2) is 55.1 Å². The van der Waals surface area contributed by atoms with E-state index in [-0.39, 0.29) is 12.5 Å². The van der Waals surface area contributed by atoms with E-state index >= 15 is 0 Å². The Labute approximate surface area is 160 Å². The minimum Gasteiger partial charge on any atom is -0.345 e. The lowest BCUT2D eigenvalue weighted by molar-refractivity contribution is -0.117. The van der Waals surface area contributed by atoms with Gasteiger partial charge in [-0.2, -0.15) is 10.2 Å². The van der Waals surface area contributed by atoms with Crippen LogP contribution in [0.15, 0.2) is 55.2 Å².